The molecule has 4 N–H and O–H groups in total. The molecule has 1 aliphatic heterocycles. The highest BCUT2D eigenvalue weighted by Gasteiger charge is 2.46. The van der Waals surface area contributed by atoms with E-state index in [1.165, 1.54) is 36.6 Å². The summed E-state index contributed by atoms with van der Waals surface area (Å²) in [6, 6.07) is 4.42. The molecule has 24 heavy (non-hydrogen) atoms. The summed E-state index contributed by atoms with van der Waals surface area (Å²) in [5.41, 5.74) is 5.71. The number of anilines is 2. The Labute approximate surface area is 142 Å². The van der Waals surface area contributed by atoms with Crippen LogP contribution in [0.25, 0.3) is 0 Å². The Hall–Kier alpha value is -2.12. The second kappa shape index (κ2) is 8.65. The normalized spacial score (nSPS) is 15.7. The highest BCUT2D eigenvalue weighted by molar-refractivity contribution is 6.01. The number of nitrogens with zero attached hydrogens (tertiary/aromatic N) is 1. The van der Waals surface area contributed by atoms with Gasteiger partial charge in [-0.25, -0.2) is 4.79 Å². The third-order valence-electron chi connectivity index (χ3n) is 3.81. The molecule has 0 radical (unpaired) electrons. The van der Waals surface area contributed by atoms with Crippen LogP contribution in [0.15, 0.2) is 18.2 Å². The molecule has 1 aliphatic rings. The van der Waals surface area contributed by atoms with Gasteiger partial charge in [0, 0.05) is 6.42 Å². The number of ether oxygens (including phenoxy) is 1. The number of rotatable bonds is 4. The molecular weight excluding hydrogens is 312 g/mol. The number of aliphatic hydroxyl groups excluding tert-OH is 2. The van der Waals surface area contributed by atoms with Gasteiger partial charge in [-0.05, 0) is 24.6 Å². The molecule has 0 aromatic heterocycles. The quantitative estimate of drug-likeness (QED) is 0.564. The smallest absolute Gasteiger partial charge is 0.337 e. The second-order valence-corrected chi connectivity index (χ2v) is 5.74. The fourth-order valence-corrected chi connectivity index (χ4v) is 2.57. The first-order chi connectivity index (χ1) is 11.4. The van der Waals surface area contributed by atoms with Crippen LogP contribution in [0.5, 0.6) is 0 Å². The molecule has 0 bridgehead atoms. The summed E-state index contributed by atoms with van der Waals surface area (Å²) in [6.07, 6.45) is 1.82. The molecule has 0 saturated carbocycles. The van der Waals surface area contributed by atoms with Gasteiger partial charge in [0.1, 0.15) is 0 Å². The van der Waals surface area contributed by atoms with Gasteiger partial charge >= 0.3 is 5.97 Å². The molecule has 1 fully saturated rings. The van der Waals surface area contributed by atoms with Crippen LogP contribution >= 0.6 is 0 Å². The minimum Gasteiger partial charge on any atom is -0.465 e. The minimum atomic E-state index is -1.06. The van der Waals surface area contributed by atoms with Crippen molar-refractivity contribution >= 4 is 23.3 Å². The SMILES string of the molecule is CCC.COC(=O)c1ccc(N2C(=O)CCC2(CO)CO)c(N)c1. The number of amides is 1. The van der Waals surface area contributed by atoms with Crippen LogP contribution in [-0.2, 0) is 9.53 Å². The van der Waals surface area contributed by atoms with Crippen molar-refractivity contribution in [3.05, 3.63) is 23.8 Å². The van der Waals surface area contributed by atoms with E-state index in [0.717, 1.165) is 0 Å². The van der Waals surface area contributed by atoms with Gasteiger partial charge in [-0.2, -0.15) is 0 Å². The summed E-state index contributed by atoms with van der Waals surface area (Å²) in [6.45, 7) is 3.51. The highest BCUT2D eigenvalue weighted by atomic mass is 16.5. The van der Waals surface area contributed by atoms with E-state index in [4.69, 9.17) is 5.73 Å². The zero-order valence-electron chi connectivity index (χ0n) is 14.4. The van der Waals surface area contributed by atoms with Gasteiger partial charge in [-0.15, -0.1) is 0 Å². The van der Waals surface area contributed by atoms with E-state index in [9.17, 15) is 19.8 Å². The van der Waals surface area contributed by atoms with Crippen molar-refractivity contribution < 1.29 is 24.5 Å². The molecular formula is C17H26N2O5. The number of hydrogen-bond donors (Lipinski definition) is 3. The number of hydrogen-bond acceptors (Lipinski definition) is 6. The average molecular weight is 338 g/mol. The van der Waals surface area contributed by atoms with Crippen LogP contribution in [0.1, 0.15) is 43.5 Å². The van der Waals surface area contributed by atoms with Gasteiger partial charge in [-0.3, -0.25) is 9.69 Å². The van der Waals surface area contributed by atoms with Crippen LogP contribution < -0.4 is 10.6 Å². The van der Waals surface area contributed by atoms with Crippen LogP contribution in [-0.4, -0.2) is 48.0 Å². The third kappa shape index (κ3) is 3.85. The minimum absolute atomic E-state index is 0.208. The zero-order chi connectivity index (χ0) is 18.3. The fraction of sp³-hybridized carbons (Fsp3) is 0.529. The Kier molecular flexibility index (Phi) is 7.18. The number of carbonyl (C=O) groups is 2. The molecule has 134 valence electrons. The van der Waals surface area contributed by atoms with E-state index in [0.29, 0.717) is 12.1 Å². The molecule has 0 unspecified atom stereocenters. The van der Waals surface area contributed by atoms with Crippen molar-refractivity contribution in [1.82, 2.24) is 0 Å². The average Bonchev–Trinajstić information content (AvgIpc) is 2.92. The first-order valence-electron chi connectivity index (χ1n) is 7.93. The summed E-state index contributed by atoms with van der Waals surface area (Å²) in [7, 11) is 1.26. The van der Waals surface area contributed by atoms with E-state index in [2.05, 4.69) is 18.6 Å². The maximum absolute atomic E-state index is 12.1. The van der Waals surface area contributed by atoms with E-state index in [1.807, 2.05) is 0 Å². The summed E-state index contributed by atoms with van der Waals surface area (Å²) < 4.78 is 4.61. The predicted molar refractivity (Wildman–Crippen MR) is 91.8 cm³/mol. The zero-order valence-corrected chi connectivity index (χ0v) is 14.4. The summed E-state index contributed by atoms with van der Waals surface area (Å²) in [4.78, 5) is 24.9. The standard InChI is InChI=1S/C14H18N2O5.C3H8/c1-21-13(20)9-2-3-11(10(15)6-9)16-12(19)4-5-14(16,7-17)8-18;1-3-2/h2-3,6,17-18H,4-5,7-8,15H2,1H3;3H2,1-2H3. The van der Waals surface area contributed by atoms with Gasteiger partial charge in [0.15, 0.2) is 0 Å². The fourth-order valence-electron chi connectivity index (χ4n) is 2.57. The predicted octanol–water partition coefficient (Wildman–Crippen LogP) is 1.32. The highest BCUT2D eigenvalue weighted by Crippen LogP contribution is 2.38. The molecule has 7 nitrogen and oxygen atoms in total. The lowest BCUT2D eigenvalue weighted by atomic mass is 9.97. The van der Waals surface area contributed by atoms with Crippen molar-refractivity contribution in [2.75, 3.05) is 31.0 Å². The summed E-state index contributed by atoms with van der Waals surface area (Å²) in [5, 5.41) is 19.1. The molecule has 1 aromatic carbocycles. The van der Waals surface area contributed by atoms with Crippen molar-refractivity contribution in [2.45, 2.75) is 38.6 Å². The molecule has 2 rings (SSSR count). The van der Waals surface area contributed by atoms with E-state index in [-0.39, 0.29) is 36.8 Å². The third-order valence-corrected chi connectivity index (χ3v) is 3.81. The van der Waals surface area contributed by atoms with Crippen LogP contribution in [0.2, 0.25) is 0 Å². The summed E-state index contributed by atoms with van der Waals surface area (Å²) >= 11 is 0. The van der Waals surface area contributed by atoms with Crippen molar-refractivity contribution in [2.24, 2.45) is 0 Å². The number of carbonyl (C=O) groups excluding carboxylic acids is 2. The van der Waals surface area contributed by atoms with Crippen molar-refractivity contribution in [1.29, 1.82) is 0 Å². The molecule has 1 amide bonds. The lowest BCUT2D eigenvalue weighted by molar-refractivity contribution is -0.117. The lowest BCUT2D eigenvalue weighted by Gasteiger charge is -2.36. The molecule has 1 heterocycles. The Morgan fingerprint density at radius 2 is 1.92 bits per heavy atom. The number of aliphatic hydroxyl groups is 2. The number of nitrogens with two attached hydrogens (primary N) is 1. The largest absolute Gasteiger partial charge is 0.465 e. The van der Waals surface area contributed by atoms with Crippen LogP contribution in [0.3, 0.4) is 0 Å². The Bertz CT molecular complexity index is 584. The molecule has 0 aliphatic carbocycles. The van der Waals surface area contributed by atoms with Crippen molar-refractivity contribution in [3.63, 3.8) is 0 Å². The number of methoxy groups -OCH3 is 1. The lowest BCUT2D eigenvalue weighted by Crippen LogP contribution is -2.52. The maximum atomic E-state index is 12.1. The van der Waals surface area contributed by atoms with Gasteiger partial charge < -0.3 is 20.7 Å². The Morgan fingerprint density at radius 3 is 2.38 bits per heavy atom. The summed E-state index contributed by atoms with van der Waals surface area (Å²) in [5.74, 6) is -0.757. The Balaban J connectivity index is 0.000000891. The van der Waals surface area contributed by atoms with E-state index in [1.54, 1.807) is 0 Å². The second-order valence-electron chi connectivity index (χ2n) is 5.74. The topological polar surface area (TPSA) is 113 Å². The van der Waals surface area contributed by atoms with Gasteiger partial charge in [-0.1, -0.05) is 20.3 Å². The van der Waals surface area contributed by atoms with Gasteiger partial charge in [0.25, 0.3) is 0 Å². The van der Waals surface area contributed by atoms with Gasteiger partial charge in [0.05, 0.1) is 42.8 Å². The maximum Gasteiger partial charge on any atom is 0.337 e. The number of esters is 1. The monoisotopic (exact) mass is 338 g/mol. The van der Waals surface area contributed by atoms with Gasteiger partial charge in [0.2, 0.25) is 5.91 Å². The van der Waals surface area contributed by atoms with Crippen molar-refractivity contribution in [3.8, 4) is 0 Å². The molecule has 0 spiro atoms. The molecule has 1 saturated heterocycles. The van der Waals surface area contributed by atoms with E-state index < -0.39 is 11.5 Å². The molecule has 7 heteroatoms. The van der Waals surface area contributed by atoms with Crippen LogP contribution in [0.4, 0.5) is 11.4 Å². The first kappa shape index (κ1) is 19.9. The number of benzene rings is 1. The van der Waals surface area contributed by atoms with E-state index >= 15 is 0 Å². The first-order valence-corrected chi connectivity index (χ1v) is 7.93. The Morgan fingerprint density at radius 1 is 1.33 bits per heavy atom. The van der Waals surface area contributed by atoms with Crippen LogP contribution in [0, 0.1) is 0 Å². The molecule has 1 aromatic rings. The molecule has 0 atom stereocenters. The number of nitrogen functional groups attached to an aromatic ring is 1.